The zero-order valence-electron chi connectivity index (χ0n) is 23.4. The van der Waals surface area contributed by atoms with Crippen LogP contribution in [0.3, 0.4) is 0 Å². The van der Waals surface area contributed by atoms with Crippen LogP contribution in [0.4, 0.5) is 10.2 Å². The predicted octanol–water partition coefficient (Wildman–Crippen LogP) is 5.62. The van der Waals surface area contributed by atoms with E-state index >= 15 is 0 Å². The fourth-order valence-corrected chi connectivity index (χ4v) is 6.20. The normalized spacial score (nSPS) is 15.0. The average molecular weight is 573 g/mol. The van der Waals surface area contributed by atoms with Crippen molar-refractivity contribution in [3.05, 3.63) is 101 Å². The topological polar surface area (TPSA) is 76.5 Å². The summed E-state index contributed by atoms with van der Waals surface area (Å²) in [4.78, 5) is 28.5. The number of carbonyl (C=O) groups is 2. The number of hydrogen-bond donors (Lipinski definition) is 1. The van der Waals surface area contributed by atoms with Crippen molar-refractivity contribution < 1.29 is 18.7 Å². The monoisotopic (exact) mass is 572 g/mol. The molecule has 3 aromatic carbocycles. The van der Waals surface area contributed by atoms with Gasteiger partial charge >= 0.3 is 0 Å². The van der Waals surface area contributed by atoms with Gasteiger partial charge in [-0.05, 0) is 55.2 Å². The molecule has 5 rings (SSSR count). The molecule has 1 N–H and O–H groups in total. The molecule has 0 radical (unpaired) electrons. The first-order valence-corrected chi connectivity index (χ1v) is 14.6. The number of benzene rings is 3. The van der Waals surface area contributed by atoms with Crippen molar-refractivity contribution in [3.8, 4) is 16.9 Å². The van der Waals surface area contributed by atoms with Crippen LogP contribution in [0, 0.1) is 19.7 Å². The molecular formula is C32H33FN4O3S. The standard InChI is InChI=1S/C32H33FN4O3S/c1-21-9-7-12-26(22(21)2)37-32-29(30(35-37)23-10-5-4-6-11-23)31(24-13-15-25(33)16-14-24)41-20-28(39)36(32)19-27(38)34-17-8-18-40-3/h4-7,9-16,31H,8,17-20H2,1-3H3,(H,34,38)/t31-/m0/s1. The van der Waals surface area contributed by atoms with E-state index in [0.717, 1.165) is 33.5 Å². The second-order valence-electron chi connectivity index (χ2n) is 10.0. The Hall–Kier alpha value is -3.95. The first kappa shape index (κ1) is 28.6. The number of thioether (sulfide) groups is 1. The molecular weight excluding hydrogens is 539 g/mol. The number of aryl methyl sites for hydroxylation is 1. The molecule has 41 heavy (non-hydrogen) atoms. The fraction of sp³-hybridized carbons (Fsp3) is 0.281. The first-order chi connectivity index (χ1) is 19.9. The van der Waals surface area contributed by atoms with Crippen molar-refractivity contribution in [3.63, 3.8) is 0 Å². The Balaban J connectivity index is 1.74. The highest BCUT2D eigenvalue weighted by atomic mass is 32.2. The van der Waals surface area contributed by atoms with Crippen molar-refractivity contribution in [1.82, 2.24) is 15.1 Å². The van der Waals surface area contributed by atoms with E-state index in [9.17, 15) is 14.0 Å². The number of halogens is 1. The van der Waals surface area contributed by atoms with Crippen molar-refractivity contribution in [2.24, 2.45) is 0 Å². The summed E-state index contributed by atoms with van der Waals surface area (Å²) >= 11 is 1.46. The van der Waals surface area contributed by atoms with E-state index < -0.39 is 0 Å². The van der Waals surface area contributed by atoms with Gasteiger partial charge in [-0.1, -0.05) is 54.6 Å². The van der Waals surface area contributed by atoms with E-state index in [2.05, 4.69) is 5.32 Å². The van der Waals surface area contributed by atoms with Gasteiger partial charge in [0.25, 0.3) is 0 Å². The van der Waals surface area contributed by atoms with E-state index in [1.165, 1.54) is 23.9 Å². The summed E-state index contributed by atoms with van der Waals surface area (Å²) in [5.41, 5.74) is 6.19. The molecule has 0 saturated heterocycles. The summed E-state index contributed by atoms with van der Waals surface area (Å²) < 4.78 is 20.9. The number of aromatic nitrogens is 2. The first-order valence-electron chi connectivity index (χ1n) is 13.6. The highest BCUT2D eigenvalue weighted by molar-refractivity contribution is 8.00. The minimum absolute atomic E-state index is 0.148. The summed E-state index contributed by atoms with van der Waals surface area (Å²) in [6.45, 7) is 4.88. The molecule has 4 aromatic rings. The molecule has 1 aliphatic rings. The van der Waals surface area contributed by atoms with Crippen LogP contribution in [-0.4, -0.2) is 54.2 Å². The number of carbonyl (C=O) groups excluding carboxylic acids is 2. The van der Waals surface area contributed by atoms with E-state index in [1.807, 2.05) is 62.4 Å². The largest absolute Gasteiger partial charge is 0.385 e. The maximum atomic E-state index is 14.0. The van der Waals surface area contributed by atoms with Crippen LogP contribution in [0.1, 0.15) is 33.9 Å². The summed E-state index contributed by atoms with van der Waals surface area (Å²) in [7, 11) is 1.62. The Kier molecular flexibility index (Phi) is 8.85. The van der Waals surface area contributed by atoms with Gasteiger partial charge in [0.1, 0.15) is 18.2 Å². The maximum Gasteiger partial charge on any atom is 0.240 e. The van der Waals surface area contributed by atoms with Crippen LogP contribution in [0.5, 0.6) is 0 Å². The van der Waals surface area contributed by atoms with Crippen molar-refractivity contribution in [2.75, 3.05) is 37.5 Å². The molecule has 1 atom stereocenters. The molecule has 1 aliphatic heterocycles. The molecule has 0 bridgehead atoms. The molecule has 2 heterocycles. The number of hydrogen-bond acceptors (Lipinski definition) is 5. The lowest BCUT2D eigenvalue weighted by atomic mass is 9.99. The third-order valence-electron chi connectivity index (χ3n) is 7.26. The van der Waals surface area contributed by atoms with E-state index in [-0.39, 0.29) is 35.2 Å². The van der Waals surface area contributed by atoms with Crippen LogP contribution >= 0.6 is 11.8 Å². The van der Waals surface area contributed by atoms with Crippen molar-refractivity contribution >= 4 is 29.4 Å². The highest BCUT2D eigenvalue weighted by Crippen LogP contribution is 2.48. The lowest BCUT2D eigenvalue weighted by Gasteiger charge is -2.24. The van der Waals surface area contributed by atoms with Gasteiger partial charge in [-0.2, -0.15) is 5.10 Å². The lowest BCUT2D eigenvalue weighted by Crippen LogP contribution is -2.42. The van der Waals surface area contributed by atoms with Crippen LogP contribution in [-0.2, 0) is 14.3 Å². The van der Waals surface area contributed by atoms with Crippen LogP contribution in [0.15, 0.2) is 72.8 Å². The summed E-state index contributed by atoms with van der Waals surface area (Å²) in [5, 5.41) is 7.73. The van der Waals surface area contributed by atoms with Gasteiger partial charge in [0.05, 0.1) is 22.4 Å². The quantitative estimate of drug-likeness (QED) is 0.264. The average Bonchev–Trinajstić information content (AvgIpc) is 3.30. The summed E-state index contributed by atoms with van der Waals surface area (Å²) in [6, 6.07) is 22.2. The molecule has 0 unspecified atom stereocenters. The SMILES string of the molecule is COCCCNC(=O)CN1C(=O)CS[C@@H](c2ccc(F)cc2)c2c(-c3ccccc3)nn(-c3cccc(C)c3C)c21. The van der Waals surface area contributed by atoms with Gasteiger partial charge < -0.3 is 10.1 Å². The maximum absolute atomic E-state index is 14.0. The van der Waals surface area contributed by atoms with Crippen molar-refractivity contribution in [1.29, 1.82) is 0 Å². The minimum atomic E-state index is -0.329. The molecule has 7 nitrogen and oxygen atoms in total. The second-order valence-corrected chi connectivity index (χ2v) is 11.1. The van der Waals surface area contributed by atoms with Gasteiger partial charge in [0.2, 0.25) is 11.8 Å². The fourth-order valence-electron chi connectivity index (χ4n) is 5.01. The molecule has 0 fully saturated rings. The zero-order chi connectivity index (χ0) is 28.9. The Morgan fingerprint density at radius 1 is 1.07 bits per heavy atom. The minimum Gasteiger partial charge on any atom is -0.385 e. The zero-order valence-corrected chi connectivity index (χ0v) is 24.2. The third-order valence-corrected chi connectivity index (χ3v) is 8.52. The number of ether oxygens (including phenoxy) is 1. The molecule has 0 spiro atoms. The van der Waals surface area contributed by atoms with Gasteiger partial charge in [-0.25, -0.2) is 9.07 Å². The molecule has 212 valence electrons. The van der Waals surface area contributed by atoms with Gasteiger partial charge in [0.15, 0.2) is 0 Å². The van der Waals surface area contributed by atoms with Gasteiger partial charge in [-0.3, -0.25) is 14.5 Å². The number of fused-ring (bicyclic) bond motifs is 1. The Labute approximate surface area is 243 Å². The molecule has 0 saturated carbocycles. The second kappa shape index (κ2) is 12.7. The number of rotatable bonds is 9. The number of nitrogens with zero attached hydrogens (tertiary/aromatic N) is 3. The van der Waals surface area contributed by atoms with E-state index in [0.29, 0.717) is 31.1 Å². The predicted molar refractivity (Wildman–Crippen MR) is 161 cm³/mol. The highest BCUT2D eigenvalue weighted by Gasteiger charge is 2.38. The number of anilines is 1. The molecule has 1 aromatic heterocycles. The van der Waals surface area contributed by atoms with Gasteiger partial charge in [-0.15, -0.1) is 11.8 Å². The Morgan fingerprint density at radius 2 is 1.83 bits per heavy atom. The summed E-state index contributed by atoms with van der Waals surface area (Å²) in [5.74, 6) is -0.0902. The summed E-state index contributed by atoms with van der Waals surface area (Å²) in [6.07, 6.45) is 0.669. The van der Waals surface area contributed by atoms with Crippen molar-refractivity contribution in [2.45, 2.75) is 25.5 Å². The third kappa shape index (κ3) is 6.06. The smallest absolute Gasteiger partial charge is 0.240 e. The molecule has 9 heteroatoms. The lowest BCUT2D eigenvalue weighted by molar-refractivity contribution is -0.122. The van der Waals surface area contributed by atoms with Gasteiger partial charge in [0, 0.05) is 31.4 Å². The van der Waals surface area contributed by atoms with Crippen LogP contribution in [0.25, 0.3) is 16.9 Å². The number of nitrogens with one attached hydrogen (secondary N) is 1. The Bertz CT molecular complexity index is 1540. The molecule has 0 aliphatic carbocycles. The Morgan fingerprint density at radius 3 is 2.56 bits per heavy atom. The van der Waals surface area contributed by atoms with Crippen LogP contribution in [0.2, 0.25) is 0 Å². The number of methoxy groups -OCH3 is 1. The number of amides is 2. The van der Waals surface area contributed by atoms with E-state index in [4.69, 9.17) is 9.84 Å². The van der Waals surface area contributed by atoms with Crippen LogP contribution < -0.4 is 10.2 Å². The molecule has 2 amide bonds. The van der Waals surface area contributed by atoms with E-state index in [1.54, 1.807) is 28.8 Å².